The second-order valence-corrected chi connectivity index (χ2v) is 7.34. The molecule has 0 amide bonds. The Morgan fingerprint density at radius 2 is 1.72 bits per heavy atom. The van der Waals surface area contributed by atoms with Crippen molar-refractivity contribution in [1.29, 1.82) is 0 Å². The Kier molecular flexibility index (Phi) is 7.08. The van der Waals surface area contributed by atoms with Crippen molar-refractivity contribution < 1.29 is 0 Å². The van der Waals surface area contributed by atoms with Gasteiger partial charge < -0.3 is 10.2 Å². The zero-order valence-corrected chi connectivity index (χ0v) is 15.5. The summed E-state index contributed by atoms with van der Waals surface area (Å²) in [4.78, 5) is 2.68. The molecule has 0 radical (unpaired) electrons. The van der Waals surface area contributed by atoms with E-state index in [1.165, 1.54) is 50.0 Å². The highest BCUT2D eigenvalue weighted by atomic mass is 15.1. The third-order valence-corrected chi connectivity index (χ3v) is 5.45. The lowest BCUT2D eigenvalue weighted by atomic mass is 9.80. The summed E-state index contributed by atoms with van der Waals surface area (Å²) in [6.45, 7) is 8.07. The van der Waals surface area contributed by atoms with Crippen LogP contribution in [0.25, 0.3) is 0 Å². The van der Waals surface area contributed by atoms with Crippen LogP contribution >= 0.6 is 0 Å². The maximum atomic E-state index is 3.72. The number of piperidine rings is 1. The zero-order chi connectivity index (χ0) is 17.3. The van der Waals surface area contributed by atoms with Gasteiger partial charge in [0.1, 0.15) is 0 Å². The first kappa shape index (κ1) is 18.2. The number of unbranched alkanes of at least 4 members (excludes halogenated alkanes) is 1. The Labute approximate surface area is 153 Å². The van der Waals surface area contributed by atoms with E-state index in [-0.39, 0.29) is 0 Å². The molecule has 2 aromatic rings. The summed E-state index contributed by atoms with van der Waals surface area (Å²) in [6.07, 6.45) is 3.89. The van der Waals surface area contributed by atoms with Gasteiger partial charge in [-0.15, -0.1) is 0 Å². The predicted molar refractivity (Wildman–Crippen MR) is 107 cm³/mol. The minimum atomic E-state index is 0.683. The minimum Gasteiger partial charge on any atom is -0.312 e. The molecule has 1 N–H and O–H groups in total. The van der Waals surface area contributed by atoms with E-state index in [1.807, 2.05) is 0 Å². The second kappa shape index (κ2) is 9.74. The molecule has 3 rings (SSSR count). The minimum absolute atomic E-state index is 0.683. The molecule has 0 bridgehead atoms. The maximum absolute atomic E-state index is 3.72. The van der Waals surface area contributed by atoms with E-state index in [9.17, 15) is 0 Å². The molecule has 1 fully saturated rings. The summed E-state index contributed by atoms with van der Waals surface area (Å²) in [6, 6.07) is 21.9. The lowest BCUT2D eigenvalue weighted by molar-refractivity contribution is 0.149. The fraction of sp³-hybridized carbons (Fsp3) is 0.478. The van der Waals surface area contributed by atoms with E-state index >= 15 is 0 Å². The Bertz CT molecular complexity index is 596. The standard InChI is InChI=1S/C23H32N2/c1-2-3-15-25-16-14-23(21-12-8-5-9-13-21)22(19-25)18-24-17-20-10-6-4-7-11-20/h4-13,22-24H,2-3,14-19H2,1H3/t22-,23+/m0/s1. The van der Waals surface area contributed by atoms with E-state index in [0.717, 1.165) is 13.1 Å². The summed E-state index contributed by atoms with van der Waals surface area (Å²) in [7, 11) is 0. The van der Waals surface area contributed by atoms with Crippen LogP contribution in [0.2, 0.25) is 0 Å². The number of benzene rings is 2. The lowest BCUT2D eigenvalue weighted by Gasteiger charge is -2.39. The van der Waals surface area contributed by atoms with Crippen LogP contribution in [0.5, 0.6) is 0 Å². The normalized spacial score (nSPS) is 21.3. The molecule has 2 nitrogen and oxygen atoms in total. The van der Waals surface area contributed by atoms with Crippen molar-refractivity contribution in [3.8, 4) is 0 Å². The molecule has 2 atom stereocenters. The molecule has 2 heteroatoms. The SMILES string of the molecule is CCCCN1CC[C@H](c2ccccc2)[C@@H](CNCc2ccccc2)C1. The van der Waals surface area contributed by atoms with Crippen LogP contribution in [0.15, 0.2) is 60.7 Å². The van der Waals surface area contributed by atoms with Crippen molar-refractivity contribution in [2.75, 3.05) is 26.2 Å². The van der Waals surface area contributed by atoms with Crippen LogP contribution in [-0.4, -0.2) is 31.1 Å². The number of hydrogen-bond acceptors (Lipinski definition) is 2. The molecular weight excluding hydrogens is 304 g/mol. The molecule has 0 aromatic heterocycles. The monoisotopic (exact) mass is 336 g/mol. The average Bonchev–Trinajstić information content (AvgIpc) is 2.68. The van der Waals surface area contributed by atoms with E-state index in [4.69, 9.17) is 0 Å². The molecule has 0 unspecified atom stereocenters. The molecule has 1 saturated heterocycles. The Balaban J connectivity index is 1.61. The third-order valence-electron chi connectivity index (χ3n) is 5.45. The Hall–Kier alpha value is -1.64. The fourth-order valence-electron chi connectivity index (χ4n) is 4.04. The number of likely N-dealkylation sites (tertiary alicyclic amines) is 1. The predicted octanol–water partition coefficient (Wildman–Crippen LogP) is 4.68. The molecule has 0 spiro atoms. The maximum Gasteiger partial charge on any atom is 0.0205 e. The van der Waals surface area contributed by atoms with Gasteiger partial charge in [0.15, 0.2) is 0 Å². The van der Waals surface area contributed by atoms with E-state index < -0.39 is 0 Å². The molecule has 0 aliphatic carbocycles. The highest BCUT2D eigenvalue weighted by Gasteiger charge is 2.29. The fourth-order valence-corrected chi connectivity index (χ4v) is 4.04. The Morgan fingerprint density at radius 3 is 2.44 bits per heavy atom. The van der Waals surface area contributed by atoms with Gasteiger partial charge in [0.2, 0.25) is 0 Å². The highest BCUT2D eigenvalue weighted by Crippen LogP contribution is 2.32. The molecule has 0 saturated carbocycles. The lowest BCUT2D eigenvalue weighted by Crippen LogP contribution is -2.43. The van der Waals surface area contributed by atoms with Crippen molar-refractivity contribution >= 4 is 0 Å². The smallest absolute Gasteiger partial charge is 0.0205 e. The highest BCUT2D eigenvalue weighted by molar-refractivity contribution is 5.21. The van der Waals surface area contributed by atoms with Crippen LogP contribution in [0.1, 0.15) is 43.2 Å². The van der Waals surface area contributed by atoms with Gasteiger partial charge in [-0.05, 0) is 48.9 Å². The van der Waals surface area contributed by atoms with E-state index in [0.29, 0.717) is 11.8 Å². The second-order valence-electron chi connectivity index (χ2n) is 7.34. The zero-order valence-electron chi connectivity index (χ0n) is 15.5. The summed E-state index contributed by atoms with van der Waals surface area (Å²) in [5.41, 5.74) is 2.89. The van der Waals surface area contributed by atoms with Crippen molar-refractivity contribution in [3.63, 3.8) is 0 Å². The van der Waals surface area contributed by atoms with Gasteiger partial charge in [-0.3, -0.25) is 0 Å². The molecular formula is C23H32N2. The van der Waals surface area contributed by atoms with Crippen LogP contribution in [0.4, 0.5) is 0 Å². The van der Waals surface area contributed by atoms with Gasteiger partial charge >= 0.3 is 0 Å². The van der Waals surface area contributed by atoms with Gasteiger partial charge in [0.25, 0.3) is 0 Å². The quantitative estimate of drug-likeness (QED) is 0.753. The number of nitrogens with zero attached hydrogens (tertiary/aromatic N) is 1. The molecule has 1 aliphatic rings. The van der Waals surface area contributed by atoms with Crippen LogP contribution < -0.4 is 5.32 Å². The van der Waals surface area contributed by atoms with Gasteiger partial charge in [-0.1, -0.05) is 74.0 Å². The summed E-state index contributed by atoms with van der Waals surface area (Å²) >= 11 is 0. The first-order valence-electron chi connectivity index (χ1n) is 9.88. The molecule has 134 valence electrons. The Morgan fingerprint density at radius 1 is 1.00 bits per heavy atom. The topological polar surface area (TPSA) is 15.3 Å². The molecule has 25 heavy (non-hydrogen) atoms. The van der Waals surface area contributed by atoms with Crippen LogP contribution in [0, 0.1) is 5.92 Å². The largest absolute Gasteiger partial charge is 0.312 e. The summed E-state index contributed by atoms with van der Waals surface area (Å²) in [5.74, 6) is 1.37. The number of nitrogens with one attached hydrogen (secondary N) is 1. The number of hydrogen-bond donors (Lipinski definition) is 1. The molecule has 1 aliphatic heterocycles. The van der Waals surface area contributed by atoms with Crippen LogP contribution in [-0.2, 0) is 6.54 Å². The van der Waals surface area contributed by atoms with E-state index in [1.54, 1.807) is 0 Å². The number of rotatable bonds is 8. The molecule has 2 aromatic carbocycles. The van der Waals surface area contributed by atoms with Crippen molar-refractivity contribution in [2.24, 2.45) is 5.92 Å². The van der Waals surface area contributed by atoms with Crippen molar-refractivity contribution in [3.05, 3.63) is 71.8 Å². The van der Waals surface area contributed by atoms with E-state index in [2.05, 4.69) is 77.8 Å². The first-order chi connectivity index (χ1) is 12.4. The van der Waals surface area contributed by atoms with Crippen molar-refractivity contribution in [1.82, 2.24) is 10.2 Å². The summed E-state index contributed by atoms with van der Waals surface area (Å²) in [5, 5.41) is 3.72. The first-order valence-corrected chi connectivity index (χ1v) is 9.88. The average molecular weight is 337 g/mol. The third kappa shape index (κ3) is 5.42. The van der Waals surface area contributed by atoms with Crippen LogP contribution in [0.3, 0.4) is 0 Å². The van der Waals surface area contributed by atoms with Gasteiger partial charge in [0, 0.05) is 19.6 Å². The van der Waals surface area contributed by atoms with Gasteiger partial charge in [0.05, 0.1) is 0 Å². The van der Waals surface area contributed by atoms with Crippen molar-refractivity contribution in [2.45, 2.75) is 38.6 Å². The summed E-state index contributed by atoms with van der Waals surface area (Å²) < 4.78 is 0. The van der Waals surface area contributed by atoms with Gasteiger partial charge in [-0.25, -0.2) is 0 Å². The van der Waals surface area contributed by atoms with Gasteiger partial charge in [-0.2, -0.15) is 0 Å². The molecule has 1 heterocycles.